The highest BCUT2D eigenvalue weighted by Gasteiger charge is 2.19. The summed E-state index contributed by atoms with van der Waals surface area (Å²) < 4.78 is 5.44. The molecule has 0 aliphatic carbocycles. The molecule has 0 fully saturated rings. The van der Waals surface area contributed by atoms with Crippen molar-refractivity contribution >= 4 is 0 Å². The van der Waals surface area contributed by atoms with Gasteiger partial charge in [0.25, 0.3) is 0 Å². The van der Waals surface area contributed by atoms with Crippen molar-refractivity contribution in [2.45, 2.75) is 26.7 Å². The number of fused-ring (bicyclic) bond motifs is 1. The average Bonchev–Trinajstić information content (AvgIpc) is 2.64. The molecule has 0 aromatic heterocycles. The molecular formula is C13H15NO. The Morgan fingerprint density at radius 3 is 3.00 bits per heavy atom. The fourth-order valence-electron chi connectivity index (χ4n) is 1.90. The molecule has 0 saturated heterocycles. The minimum Gasteiger partial charge on any atom is -0.493 e. The zero-order chi connectivity index (χ0) is 10.9. The van der Waals surface area contributed by atoms with Crippen LogP contribution in [-0.4, -0.2) is 6.61 Å². The summed E-state index contributed by atoms with van der Waals surface area (Å²) in [6, 6.07) is 8.57. The molecule has 0 atom stereocenters. The number of nitriles is 1. The molecule has 1 aromatic rings. The molecule has 2 nitrogen and oxygen atoms in total. The van der Waals surface area contributed by atoms with Gasteiger partial charge in [-0.2, -0.15) is 5.26 Å². The van der Waals surface area contributed by atoms with Crippen LogP contribution < -0.4 is 4.74 Å². The van der Waals surface area contributed by atoms with Crippen LogP contribution in [0, 0.1) is 16.7 Å². The topological polar surface area (TPSA) is 33.0 Å². The quantitative estimate of drug-likeness (QED) is 0.737. The van der Waals surface area contributed by atoms with Crippen molar-refractivity contribution in [1.82, 2.24) is 0 Å². The third kappa shape index (κ3) is 2.12. The van der Waals surface area contributed by atoms with Crippen molar-refractivity contribution in [3.8, 4) is 11.8 Å². The van der Waals surface area contributed by atoms with Crippen LogP contribution in [0.25, 0.3) is 0 Å². The second-order valence-corrected chi connectivity index (χ2v) is 4.71. The predicted octanol–water partition coefficient (Wildman–Crippen LogP) is 2.71. The van der Waals surface area contributed by atoms with Crippen molar-refractivity contribution in [3.63, 3.8) is 0 Å². The Hall–Kier alpha value is -1.49. The van der Waals surface area contributed by atoms with E-state index >= 15 is 0 Å². The van der Waals surface area contributed by atoms with Gasteiger partial charge in [-0.25, -0.2) is 0 Å². The van der Waals surface area contributed by atoms with Gasteiger partial charge in [-0.15, -0.1) is 0 Å². The number of benzene rings is 1. The first-order valence-electron chi connectivity index (χ1n) is 5.27. The Kier molecular flexibility index (Phi) is 2.40. The molecule has 2 heteroatoms. The lowest BCUT2D eigenvalue weighted by Gasteiger charge is -2.15. The summed E-state index contributed by atoms with van der Waals surface area (Å²) >= 11 is 0. The third-order valence-corrected chi connectivity index (χ3v) is 2.70. The van der Waals surface area contributed by atoms with Gasteiger partial charge in [0.1, 0.15) is 5.75 Å². The molecule has 1 heterocycles. The van der Waals surface area contributed by atoms with E-state index in [9.17, 15) is 0 Å². The Labute approximate surface area is 90.5 Å². The lowest BCUT2D eigenvalue weighted by Crippen LogP contribution is -2.11. The van der Waals surface area contributed by atoms with Gasteiger partial charge in [0.15, 0.2) is 0 Å². The second-order valence-electron chi connectivity index (χ2n) is 4.71. The minimum absolute atomic E-state index is 0.284. The first-order chi connectivity index (χ1) is 7.11. The SMILES string of the molecule is CC(C)(C#N)Cc1ccc2c(c1)CCO2. The number of hydrogen-bond acceptors (Lipinski definition) is 2. The van der Waals surface area contributed by atoms with Gasteiger partial charge in [0, 0.05) is 6.42 Å². The fourth-order valence-corrected chi connectivity index (χ4v) is 1.90. The fraction of sp³-hybridized carbons (Fsp3) is 0.462. The smallest absolute Gasteiger partial charge is 0.122 e. The standard InChI is InChI=1S/C13H15NO/c1-13(2,9-14)8-10-3-4-12-11(7-10)5-6-15-12/h3-4,7H,5-6,8H2,1-2H3. The molecule has 0 bridgehead atoms. The van der Waals surface area contributed by atoms with Crippen LogP contribution >= 0.6 is 0 Å². The van der Waals surface area contributed by atoms with Crippen LogP contribution in [0.5, 0.6) is 5.75 Å². The highest BCUT2D eigenvalue weighted by Crippen LogP contribution is 2.28. The zero-order valence-corrected chi connectivity index (χ0v) is 9.21. The van der Waals surface area contributed by atoms with Gasteiger partial charge >= 0.3 is 0 Å². The van der Waals surface area contributed by atoms with Gasteiger partial charge in [0.2, 0.25) is 0 Å². The highest BCUT2D eigenvalue weighted by molar-refractivity contribution is 5.40. The maximum Gasteiger partial charge on any atom is 0.122 e. The predicted molar refractivity (Wildman–Crippen MR) is 58.7 cm³/mol. The number of ether oxygens (including phenoxy) is 1. The first kappa shape index (κ1) is 10.0. The average molecular weight is 201 g/mol. The summed E-state index contributed by atoms with van der Waals surface area (Å²) in [5.41, 5.74) is 2.22. The summed E-state index contributed by atoms with van der Waals surface area (Å²) in [7, 11) is 0. The summed E-state index contributed by atoms with van der Waals surface area (Å²) in [4.78, 5) is 0. The number of hydrogen-bond donors (Lipinski definition) is 0. The van der Waals surface area contributed by atoms with Crippen LogP contribution in [0.15, 0.2) is 18.2 Å². The number of nitrogens with zero attached hydrogens (tertiary/aromatic N) is 1. The normalized spacial score (nSPS) is 14.2. The molecular weight excluding hydrogens is 186 g/mol. The van der Waals surface area contributed by atoms with Gasteiger partial charge in [-0.3, -0.25) is 0 Å². The molecule has 0 spiro atoms. The van der Waals surface area contributed by atoms with Crippen molar-refractivity contribution in [3.05, 3.63) is 29.3 Å². The van der Waals surface area contributed by atoms with E-state index < -0.39 is 0 Å². The van der Waals surface area contributed by atoms with Crippen molar-refractivity contribution in [2.24, 2.45) is 5.41 Å². The van der Waals surface area contributed by atoms with Crippen LogP contribution in [-0.2, 0) is 12.8 Å². The third-order valence-electron chi connectivity index (χ3n) is 2.70. The van der Waals surface area contributed by atoms with Gasteiger partial charge < -0.3 is 4.74 Å². The van der Waals surface area contributed by atoms with Crippen molar-refractivity contribution in [1.29, 1.82) is 5.26 Å². The van der Waals surface area contributed by atoms with E-state index in [1.165, 1.54) is 11.1 Å². The Balaban J connectivity index is 2.21. The lowest BCUT2D eigenvalue weighted by atomic mass is 9.87. The molecule has 0 saturated carbocycles. The largest absolute Gasteiger partial charge is 0.493 e. The van der Waals surface area contributed by atoms with Gasteiger partial charge in [0.05, 0.1) is 18.1 Å². The maximum absolute atomic E-state index is 8.97. The summed E-state index contributed by atoms with van der Waals surface area (Å²) in [6.45, 7) is 4.73. The first-order valence-corrected chi connectivity index (χ1v) is 5.27. The number of rotatable bonds is 2. The van der Waals surface area contributed by atoms with Crippen molar-refractivity contribution in [2.75, 3.05) is 6.61 Å². The molecule has 1 aliphatic rings. The molecule has 15 heavy (non-hydrogen) atoms. The summed E-state index contributed by atoms with van der Waals surface area (Å²) in [6.07, 6.45) is 1.80. The lowest BCUT2D eigenvalue weighted by molar-refractivity contribution is 0.356. The van der Waals surface area contributed by atoms with E-state index in [0.29, 0.717) is 0 Å². The Morgan fingerprint density at radius 1 is 1.47 bits per heavy atom. The molecule has 0 N–H and O–H groups in total. The molecule has 1 aromatic carbocycles. The van der Waals surface area contributed by atoms with E-state index in [0.717, 1.165) is 25.2 Å². The van der Waals surface area contributed by atoms with E-state index in [1.54, 1.807) is 0 Å². The molecule has 2 rings (SSSR count). The zero-order valence-electron chi connectivity index (χ0n) is 9.21. The van der Waals surface area contributed by atoms with Crippen LogP contribution in [0.2, 0.25) is 0 Å². The molecule has 0 unspecified atom stereocenters. The molecule has 78 valence electrons. The minimum atomic E-state index is -0.284. The van der Waals surface area contributed by atoms with E-state index in [4.69, 9.17) is 10.00 Å². The Bertz CT molecular complexity index is 415. The van der Waals surface area contributed by atoms with E-state index in [-0.39, 0.29) is 5.41 Å². The Morgan fingerprint density at radius 2 is 2.27 bits per heavy atom. The van der Waals surface area contributed by atoms with Crippen LogP contribution in [0.1, 0.15) is 25.0 Å². The van der Waals surface area contributed by atoms with Crippen LogP contribution in [0.3, 0.4) is 0 Å². The second kappa shape index (κ2) is 3.58. The highest BCUT2D eigenvalue weighted by atomic mass is 16.5. The summed E-state index contributed by atoms with van der Waals surface area (Å²) in [5.74, 6) is 1.01. The van der Waals surface area contributed by atoms with E-state index in [1.807, 2.05) is 19.9 Å². The molecule has 0 radical (unpaired) electrons. The molecule has 1 aliphatic heterocycles. The molecule has 0 amide bonds. The summed E-state index contributed by atoms with van der Waals surface area (Å²) in [5, 5.41) is 8.97. The maximum atomic E-state index is 8.97. The van der Waals surface area contributed by atoms with Gasteiger partial charge in [-0.1, -0.05) is 12.1 Å². The van der Waals surface area contributed by atoms with Crippen LogP contribution in [0.4, 0.5) is 0 Å². The van der Waals surface area contributed by atoms with Gasteiger partial charge in [-0.05, 0) is 37.5 Å². The van der Waals surface area contributed by atoms with E-state index in [2.05, 4.69) is 18.2 Å². The van der Waals surface area contributed by atoms with Crippen molar-refractivity contribution < 1.29 is 4.74 Å². The monoisotopic (exact) mass is 201 g/mol.